The number of nitrogens with zero attached hydrogens (tertiary/aromatic N) is 2. The molecule has 3 nitrogen and oxygen atoms in total. The number of pyridine rings is 1. The number of fused-ring (bicyclic) bond motifs is 4. The van der Waals surface area contributed by atoms with E-state index in [9.17, 15) is 0 Å². The molecule has 0 amide bonds. The Labute approximate surface area is 221 Å². The molecule has 192 valence electrons. The van der Waals surface area contributed by atoms with Crippen LogP contribution in [0.4, 0.5) is 0 Å². The number of aromatic nitrogens is 1. The van der Waals surface area contributed by atoms with Gasteiger partial charge in [0.1, 0.15) is 0 Å². The van der Waals surface area contributed by atoms with Crippen molar-refractivity contribution in [1.29, 1.82) is 0 Å². The zero-order valence-corrected chi connectivity index (χ0v) is 22.3. The minimum absolute atomic E-state index is 0.0211. The van der Waals surface area contributed by atoms with Gasteiger partial charge in [-0.1, -0.05) is 31.2 Å². The highest BCUT2D eigenvalue weighted by Crippen LogP contribution is 2.69. The topological polar surface area (TPSA) is 25.4 Å². The maximum absolute atomic E-state index is 7.62. The molecule has 6 unspecified atom stereocenters. The molecule has 37 heavy (non-hydrogen) atoms. The summed E-state index contributed by atoms with van der Waals surface area (Å²) in [5.74, 6) is 1.22. The van der Waals surface area contributed by atoms with Crippen LogP contribution in [0.25, 0.3) is 10.8 Å². The van der Waals surface area contributed by atoms with Gasteiger partial charge in [-0.2, -0.15) is 0 Å². The molecule has 0 radical (unpaired) electrons. The SMILES string of the molecule is CC12CC=C3C=C4CCC(N5C6CCC5CC6)CC45CCC3(O5)C1CCC2c1ccc2ccncc2c1. The highest BCUT2D eigenvalue weighted by molar-refractivity contribution is 5.82. The largest absolute Gasteiger partial charge is 0.359 e. The average molecular weight is 493 g/mol. The number of hydrogen-bond donors (Lipinski definition) is 0. The van der Waals surface area contributed by atoms with Crippen LogP contribution in [0, 0.1) is 11.3 Å². The Balaban J connectivity index is 1.06. The van der Waals surface area contributed by atoms with E-state index in [0.29, 0.717) is 11.8 Å². The van der Waals surface area contributed by atoms with Crippen LogP contribution in [0.15, 0.2) is 60.0 Å². The molecule has 0 N–H and O–H groups in total. The number of rotatable bonds is 2. The Bertz CT molecular complexity index is 1340. The summed E-state index contributed by atoms with van der Waals surface area (Å²) < 4.78 is 7.62. The fourth-order valence-corrected chi connectivity index (χ4v) is 11.1. The van der Waals surface area contributed by atoms with Crippen molar-refractivity contribution in [2.24, 2.45) is 11.3 Å². The van der Waals surface area contributed by atoms with Crippen LogP contribution >= 0.6 is 0 Å². The van der Waals surface area contributed by atoms with Crippen LogP contribution in [-0.2, 0) is 4.74 Å². The van der Waals surface area contributed by atoms with Gasteiger partial charge in [-0.3, -0.25) is 9.88 Å². The van der Waals surface area contributed by atoms with Crippen molar-refractivity contribution in [1.82, 2.24) is 9.88 Å². The normalized spacial score (nSPS) is 45.9. The van der Waals surface area contributed by atoms with Crippen molar-refractivity contribution >= 4 is 10.8 Å². The molecule has 1 aromatic carbocycles. The molecule has 1 aromatic heterocycles. The third-order valence-electron chi connectivity index (χ3n) is 12.7. The summed E-state index contributed by atoms with van der Waals surface area (Å²) in [6, 6.07) is 11.8. The molecule has 5 fully saturated rings. The molecule has 4 bridgehead atoms. The lowest BCUT2D eigenvalue weighted by molar-refractivity contribution is -0.141. The first-order chi connectivity index (χ1) is 18.1. The van der Waals surface area contributed by atoms with Gasteiger partial charge in [0.05, 0.1) is 11.2 Å². The second-order valence-electron chi connectivity index (χ2n) is 14.0. The van der Waals surface area contributed by atoms with Gasteiger partial charge < -0.3 is 4.74 Å². The zero-order chi connectivity index (χ0) is 24.4. The third kappa shape index (κ3) is 2.78. The molecule has 7 aliphatic rings. The summed E-state index contributed by atoms with van der Waals surface area (Å²) in [6.45, 7) is 2.60. The van der Waals surface area contributed by atoms with E-state index in [-0.39, 0.29) is 16.6 Å². The lowest BCUT2D eigenvalue weighted by Crippen LogP contribution is -2.55. The van der Waals surface area contributed by atoms with E-state index in [0.717, 1.165) is 18.1 Å². The van der Waals surface area contributed by atoms with Gasteiger partial charge in [-0.05, 0) is 129 Å². The van der Waals surface area contributed by atoms with Gasteiger partial charge in [0, 0.05) is 35.9 Å². The lowest BCUT2D eigenvalue weighted by Gasteiger charge is -2.55. The second kappa shape index (κ2) is 7.36. The predicted molar refractivity (Wildman–Crippen MR) is 147 cm³/mol. The highest BCUT2D eigenvalue weighted by atomic mass is 16.5. The monoisotopic (exact) mass is 492 g/mol. The van der Waals surface area contributed by atoms with Crippen LogP contribution in [0.3, 0.4) is 0 Å². The van der Waals surface area contributed by atoms with Crippen molar-refractivity contribution in [2.75, 3.05) is 0 Å². The maximum atomic E-state index is 7.62. The van der Waals surface area contributed by atoms with E-state index in [4.69, 9.17) is 4.74 Å². The number of ether oxygens (including phenoxy) is 1. The minimum Gasteiger partial charge on any atom is -0.359 e. The molecule has 3 aliphatic carbocycles. The minimum atomic E-state index is -0.0461. The molecular formula is C34H40N2O. The van der Waals surface area contributed by atoms with Gasteiger partial charge in [-0.25, -0.2) is 0 Å². The number of allylic oxidation sites excluding steroid dienone is 1. The summed E-state index contributed by atoms with van der Waals surface area (Å²) in [7, 11) is 0. The fraction of sp³-hybridized carbons (Fsp3) is 0.618. The Morgan fingerprint density at radius 1 is 0.919 bits per heavy atom. The molecule has 3 heteroatoms. The first kappa shape index (κ1) is 21.9. The van der Waals surface area contributed by atoms with E-state index >= 15 is 0 Å². The Kier molecular flexibility index (Phi) is 4.36. The summed E-state index contributed by atoms with van der Waals surface area (Å²) in [5.41, 5.74) is 4.96. The maximum Gasteiger partial charge on any atom is 0.0974 e. The summed E-state index contributed by atoms with van der Waals surface area (Å²) in [6.07, 6.45) is 25.1. The van der Waals surface area contributed by atoms with Gasteiger partial charge in [0.25, 0.3) is 0 Å². The molecule has 6 atom stereocenters. The van der Waals surface area contributed by atoms with E-state index in [1.807, 2.05) is 12.4 Å². The van der Waals surface area contributed by atoms with Gasteiger partial charge in [0.2, 0.25) is 0 Å². The molecular weight excluding hydrogens is 452 g/mol. The van der Waals surface area contributed by atoms with Crippen molar-refractivity contribution in [3.05, 3.63) is 65.5 Å². The standard InChI is InChI=1S/C34H40N2O/c1-32-14-12-26-19-25-4-5-29(36-27-6-7-28(36)9-8-27)20-33(25)15-16-34(26,37-33)31(32)11-10-30(32)23-3-2-22-13-17-35-21-24(22)18-23/h2-3,12-13,17-19,21,27-31H,4-11,14-16,20H2,1H3. The fourth-order valence-electron chi connectivity index (χ4n) is 11.1. The Morgan fingerprint density at radius 2 is 1.78 bits per heavy atom. The summed E-state index contributed by atoms with van der Waals surface area (Å²) in [5, 5.41) is 2.58. The van der Waals surface area contributed by atoms with Gasteiger partial charge in [-0.15, -0.1) is 0 Å². The summed E-state index contributed by atoms with van der Waals surface area (Å²) in [4.78, 5) is 7.39. The predicted octanol–water partition coefficient (Wildman–Crippen LogP) is 7.47. The molecule has 2 spiro atoms. The van der Waals surface area contributed by atoms with Crippen molar-refractivity contribution in [3.63, 3.8) is 0 Å². The highest BCUT2D eigenvalue weighted by Gasteiger charge is 2.67. The number of hydrogen-bond acceptors (Lipinski definition) is 3. The molecule has 4 aliphatic heterocycles. The van der Waals surface area contributed by atoms with E-state index in [1.165, 1.54) is 93.4 Å². The Hall–Kier alpha value is -1.97. The zero-order valence-electron chi connectivity index (χ0n) is 22.3. The van der Waals surface area contributed by atoms with Gasteiger partial charge >= 0.3 is 0 Å². The third-order valence-corrected chi connectivity index (χ3v) is 12.7. The number of benzene rings is 1. The molecule has 5 heterocycles. The van der Waals surface area contributed by atoms with Crippen LogP contribution in [0.2, 0.25) is 0 Å². The molecule has 2 saturated carbocycles. The molecule has 9 rings (SSSR count). The van der Waals surface area contributed by atoms with Gasteiger partial charge in [0.15, 0.2) is 0 Å². The second-order valence-corrected chi connectivity index (χ2v) is 14.0. The van der Waals surface area contributed by atoms with E-state index in [2.05, 4.69) is 53.2 Å². The average Bonchev–Trinajstić information content (AvgIpc) is 3.68. The lowest BCUT2D eigenvalue weighted by atomic mass is 9.58. The van der Waals surface area contributed by atoms with Crippen LogP contribution < -0.4 is 0 Å². The first-order valence-corrected chi connectivity index (χ1v) is 15.3. The smallest absolute Gasteiger partial charge is 0.0974 e. The van der Waals surface area contributed by atoms with Crippen LogP contribution in [0.5, 0.6) is 0 Å². The first-order valence-electron chi connectivity index (χ1n) is 15.3. The van der Waals surface area contributed by atoms with Crippen molar-refractivity contribution in [2.45, 2.75) is 119 Å². The van der Waals surface area contributed by atoms with Crippen LogP contribution in [-0.4, -0.2) is 39.2 Å². The Morgan fingerprint density at radius 3 is 2.65 bits per heavy atom. The van der Waals surface area contributed by atoms with Crippen molar-refractivity contribution < 1.29 is 4.74 Å². The quantitative estimate of drug-likeness (QED) is 0.435. The van der Waals surface area contributed by atoms with E-state index < -0.39 is 0 Å². The van der Waals surface area contributed by atoms with Crippen molar-refractivity contribution in [3.8, 4) is 0 Å². The van der Waals surface area contributed by atoms with E-state index in [1.54, 1.807) is 11.1 Å². The molecule has 3 saturated heterocycles. The molecule has 2 aromatic rings. The van der Waals surface area contributed by atoms with Crippen LogP contribution in [0.1, 0.15) is 95.5 Å². The summed E-state index contributed by atoms with van der Waals surface area (Å²) >= 11 is 0.